The highest BCUT2D eigenvalue weighted by Gasteiger charge is 2.34. The molecular formula is C14H22N2O3S. The maximum atomic E-state index is 12.6. The second-order valence-electron chi connectivity index (χ2n) is 5.46. The summed E-state index contributed by atoms with van der Waals surface area (Å²) in [5.74, 6) is 0.0217. The van der Waals surface area contributed by atoms with Crippen LogP contribution in [0.25, 0.3) is 0 Å². The van der Waals surface area contributed by atoms with Crippen molar-refractivity contribution >= 4 is 10.0 Å². The number of aryl methyl sites for hydroxylation is 1. The van der Waals surface area contributed by atoms with Gasteiger partial charge in [-0.15, -0.1) is 0 Å². The minimum atomic E-state index is -3.48. The Morgan fingerprint density at radius 1 is 1.50 bits per heavy atom. The molecule has 1 aliphatic rings. The van der Waals surface area contributed by atoms with Crippen LogP contribution in [0.4, 0.5) is 0 Å². The lowest BCUT2D eigenvalue weighted by atomic mass is 10.0. The topological polar surface area (TPSA) is 83.6 Å². The summed E-state index contributed by atoms with van der Waals surface area (Å²) in [7, 11) is -3.48. The molecule has 1 saturated heterocycles. The molecule has 1 heterocycles. The van der Waals surface area contributed by atoms with Gasteiger partial charge in [0.2, 0.25) is 10.0 Å². The summed E-state index contributed by atoms with van der Waals surface area (Å²) >= 11 is 0. The van der Waals surface area contributed by atoms with E-state index in [1.165, 1.54) is 4.31 Å². The number of hydrogen-bond acceptors (Lipinski definition) is 4. The van der Waals surface area contributed by atoms with E-state index in [9.17, 15) is 13.5 Å². The fraction of sp³-hybridized carbons (Fsp3) is 0.571. The van der Waals surface area contributed by atoms with E-state index in [-0.39, 0.29) is 5.92 Å². The van der Waals surface area contributed by atoms with Gasteiger partial charge in [0.15, 0.2) is 0 Å². The Bertz CT molecular complexity index is 584. The third-order valence-corrected chi connectivity index (χ3v) is 5.99. The highest BCUT2D eigenvalue weighted by Crippen LogP contribution is 2.28. The number of hydrogen-bond donors (Lipinski definition) is 2. The summed E-state index contributed by atoms with van der Waals surface area (Å²) in [6.07, 6.45) is 0.229. The summed E-state index contributed by atoms with van der Waals surface area (Å²) in [6, 6.07) is 5.19. The van der Waals surface area contributed by atoms with E-state index in [0.717, 1.165) is 5.56 Å². The quantitative estimate of drug-likeness (QED) is 0.863. The molecule has 5 nitrogen and oxygen atoms in total. The van der Waals surface area contributed by atoms with Crippen LogP contribution in [0.2, 0.25) is 0 Å². The molecule has 112 valence electrons. The predicted molar refractivity (Wildman–Crippen MR) is 77.6 cm³/mol. The van der Waals surface area contributed by atoms with Crippen molar-refractivity contribution in [2.24, 2.45) is 11.7 Å². The third-order valence-electron chi connectivity index (χ3n) is 3.96. The van der Waals surface area contributed by atoms with Crippen molar-refractivity contribution in [2.45, 2.75) is 37.8 Å². The van der Waals surface area contributed by atoms with Crippen molar-refractivity contribution in [3.63, 3.8) is 0 Å². The van der Waals surface area contributed by atoms with Gasteiger partial charge in [-0.3, -0.25) is 0 Å². The van der Waals surface area contributed by atoms with Crippen LogP contribution in [0.3, 0.4) is 0 Å². The number of nitrogens with zero attached hydrogens (tertiary/aromatic N) is 1. The van der Waals surface area contributed by atoms with Crippen LogP contribution < -0.4 is 5.73 Å². The molecule has 0 bridgehead atoms. The molecule has 0 radical (unpaired) electrons. The number of aliphatic hydroxyl groups excluding tert-OH is 1. The second kappa shape index (κ2) is 5.81. The van der Waals surface area contributed by atoms with E-state index < -0.39 is 16.1 Å². The molecule has 0 spiro atoms. The Morgan fingerprint density at radius 2 is 2.20 bits per heavy atom. The highest BCUT2D eigenvalue weighted by molar-refractivity contribution is 7.89. The van der Waals surface area contributed by atoms with Gasteiger partial charge in [-0.25, -0.2) is 8.42 Å². The van der Waals surface area contributed by atoms with Crippen molar-refractivity contribution in [2.75, 3.05) is 13.1 Å². The van der Waals surface area contributed by atoms with Gasteiger partial charge < -0.3 is 10.8 Å². The molecule has 3 N–H and O–H groups in total. The molecule has 0 saturated carbocycles. The zero-order chi connectivity index (χ0) is 14.9. The van der Waals surface area contributed by atoms with Crippen molar-refractivity contribution in [3.05, 3.63) is 29.3 Å². The fourth-order valence-electron chi connectivity index (χ4n) is 2.63. The number of rotatable bonds is 4. The Kier molecular flexibility index (Phi) is 4.49. The van der Waals surface area contributed by atoms with Crippen molar-refractivity contribution in [3.8, 4) is 0 Å². The molecule has 0 aromatic heterocycles. The lowest BCUT2D eigenvalue weighted by Crippen LogP contribution is -2.31. The molecule has 1 aliphatic heterocycles. The normalized spacial score (nSPS) is 22.1. The Morgan fingerprint density at radius 3 is 2.70 bits per heavy atom. The first kappa shape index (κ1) is 15.4. The van der Waals surface area contributed by atoms with Crippen LogP contribution in [0, 0.1) is 12.8 Å². The van der Waals surface area contributed by atoms with E-state index in [4.69, 9.17) is 5.73 Å². The molecule has 1 aromatic rings. The molecule has 2 atom stereocenters. The van der Waals surface area contributed by atoms with E-state index in [0.29, 0.717) is 36.5 Å². The first-order valence-electron chi connectivity index (χ1n) is 6.84. The average Bonchev–Trinajstić information content (AvgIpc) is 2.88. The van der Waals surface area contributed by atoms with Gasteiger partial charge >= 0.3 is 0 Å². The zero-order valence-corrected chi connectivity index (χ0v) is 12.7. The molecule has 1 aromatic carbocycles. The van der Waals surface area contributed by atoms with Gasteiger partial charge in [0.25, 0.3) is 0 Å². The molecule has 20 heavy (non-hydrogen) atoms. The van der Waals surface area contributed by atoms with E-state index in [2.05, 4.69) is 0 Å². The van der Waals surface area contributed by atoms with Crippen LogP contribution in [0.15, 0.2) is 23.1 Å². The zero-order valence-electron chi connectivity index (χ0n) is 11.9. The summed E-state index contributed by atoms with van der Waals surface area (Å²) in [5.41, 5.74) is 7.20. The lowest BCUT2D eigenvalue weighted by molar-refractivity contribution is 0.133. The van der Waals surface area contributed by atoms with Gasteiger partial charge in [0.05, 0.1) is 11.0 Å². The second-order valence-corrected chi connectivity index (χ2v) is 7.36. The smallest absolute Gasteiger partial charge is 0.243 e. The molecular weight excluding hydrogens is 276 g/mol. The van der Waals surface area contributed by atoms with Crippen LogP contribution in [0.5, 0.6) is 0 Å². The van der Waals surface area contributed by atoms with Crippen molar-refractivity contribution in [1.82, 2.24) is 4.31 Å². The first-order valence-corrected chi connectivity index (χ1v) is 8.28. The highest BCUT2D eigenvalue weighted by atomic mass is 32.2. The van der Waals surface area contributed by atoms with Crippen LogP contribution in [-0.4, -0.2) is 37.0 Å². The molecule has 1 fully saturated rings. The monoisotopic (exact) mass is 298 g/mol. The Balaban J connectivity index is 2.27. The molecule has 2 unspecified atom stereocenters. The first-order chi connectivity index (χ1) is 9.36. The summed E-state index contributed by atoms with van der Waals surface area (Å²) < 4.78 is 26.7. The number of benzene rings is 1. The van der Waals surface area contributed by atoms with Crippen molar-refractivity contribution in [1.29, 1.82) is 0 Å². The number of nitrogens with two attached hydrogens (primary N) is 1. The van der Waals surface area contributed by atoms with Gasteiger partial charge in [0, 0.05) is 19.6 Å². The molecule has 0 aliphatic carbocycles. The number of aliphatic hydroxyl groups is 1. The van der Waals surface area contributed by atoms with Crippen LogP contribution >= 0.6 is 0 Å². The summed E-state index contributed by atoms with van der Waals surface area (Å²) in [4.78, 5) is 0.334. The largest absolute Gasteiger partial charge is 0.393 e. The Hall–Kier alpha value is -0.950. The van der Waals surface area contributed by atoms with E-state index in [1.807, 2.05) is 6.07 Å². The molecule has 0 amide bonds. The molecule has 6 heteroatoms. The van der Waals surface area contributed by atoms with Crippen LogP contribution in [0.1, 0.15) is 24.5 Å². The van der Waals surface area contributed by atoms with Gasteiger partial charge in [-0.2, -0.15) is 4.31 Å². The average molecular weight is 298 g/mol. The van der Waals surface area contributed by atoms with E-state index >= 15 is 0 Å². The third kappa shape index (κ3) is 2.88. The maximum absolute atomic E-state index is 12.6. The minimum Gasteiger partial charge on any atom is -0.393 e. The van der Waals surface area contributed by atoms with Crippen LogP contribution in [-0.2, 0) is 16.6 Å². The standard InChI is InChI=1S/C14H22N2O3S/c1-10-7-12(8-15)3-4-14(10)20(18,19)16-6-5-13(9-16)11(2)17/h3-4,7,11,13,17H,5-6,8-9,15H2,1-2H3. The SMILES string of the molecule is Cc1cc(CN)ccc1S(=O)(=O)N1CCC(C(C)O)C1. The maximum Gasteiger partial charge on any atom is 0.243 e. The number of sulfonamides is 1. The summed E-state index contributed by atoms with van der Waals surface area (Å²) in [6.45, 7) is 4.75. The predicted octanol–water partition coefficient (Wildman–Crippen LogP) is 0.845. The fourth-order valence-corrected chi connectivity index (χ4v) is 4.35. The minimum absolute atomic E-state index is 0.0217. The van der Waals surface area contributed by atoms with E-state index in [1.54, 1.807) is 26.0 Å². The summed E-state index contributed by atoms with van der Waals surface area (Å²) in [5, 5.41) is 9.59. The van der Waals surface area contributed by atoms with Gasteiger partial charge in [-0.05, 0) is 43.4 Å². The Labute approximate surface area is 120 Å². The molecule has 2 rings (SSSR count). The van der Waals surface area contributed by atoms with Crippen molar-refractivity contribution < 1.29 is 13.5 Å². The van der Waals surface area contributed by atoms with Gasteiger partial charge in [0.1, 0.15) is 0 Å². The van der Waals surface area contributed by atoms with Gasteiger partial charge in [-0.1, -0.05) is 12.1 Å². The lowest BCUT2D eigenvalue weighted by Gasteiger charge is -2.19.